The number of hydrogen-bond acceptors (Lipinski definition) is 5. The lowest BCUT2D eigenvalue weighted by Gasteiger charge is -2.29. The van der Waals surface area contributed by atoms with Crippen LogP contribution in [0.15, 0.2) is 51.7 Å². The van der Waals surface area contributed by atoms with Crippen LogP contribution in [0.3, 0.4) is 0 Å². The van der Waals surface area contributed by atoms with Crippen LogP contribution in [-0.4, -0.2) is 35.1 Å². The van der Waals surface area contributed by atoms with E-state index in [1.54, 1.807) is 16.7 Å². The summed E-state index contributed by atoms with van der Waals surface area (Å²) in [7, 11) is 0. The third kappa shape index (κ3) is 4.62. The molecule has 1 aromatic heterocycles. The Hall–Kier alpha value is -2.38. The SMILES string of the molecule is O=C(CCCn1c(=O)oc2ccccc21)Nc1ccc(N2CCSCC2)c(Cl)c1. The van der Waals surface area contributed by atoms with E-state index in [0.29, 0.717) is 35.7 Å². The zero-order valence-corrected chi connectivity index (χ0v) is 17.5. The summed E-state index contributed by atoms with van der Waals surface area (Å²) < 4.78 is 6.77. The smallest absolute Gasteiger partial charge is 0.408 e. The van der Waals surface area contributed by atoms with Crippen LogP contribution in [0, 0.1) is 0 Å². The van der Waals surface area contributed by atoms with E-state index in [4.69, 9.17) is 16.0 Å². The van der Waals surface area contributed by atoms with Gasteiger partial charge in [-0.1, -0.05) is 23.7 Å². The molecule has 3 aromatic rings. The second-order valence-corrected chi connectivity index (χ2v) is 8.54. The summed E-state index contributed by atoms with van der Waals surface area (Å²) in [4.78, 5) is 26.6. The van der Waals surface area contributed by atoms with Gasteiger partial charge in [0.15, 0.2) is 5.58 Å². The molecule has 2 aromatic carbocycles. The number of nitrogens with zero attached hydrogens (tertiary/aromatic N) is 2. The molecule has 1 saturated heterocycles. The van der Waals surface area contributed by atoms with E-state index in [0.717, 1.165) is 35.8 Å². The number of aryl methyl sites for hydroxylation is 1. The Morgan fingerprint density at radius 1 is 1.17 bits per heavy atom. The maximum absolute atomic E-state index is 12.3. The van der Waals surface area contributed by atoms with E-state index < -0.39 is 5.76 Å². The highest BCUT2D eigenvalue weighted by atomic mass is 35.5. The van der Waals surface area contributed by atoms with E-state index in [-0.39, 0.29) is 5.91 Å². The molecule has 0 bridgehead atoms. The molecule has 4 rings (SSSR count). The van der Waals surface area contributed by atoms with Gasteiger partial charge in [0.05, 0.1) is 16.2 Å². The van der Waals surface area contributed by atoms with Gasteiger partial charge in [-0.05, 0) is 36.8 Å². The number of oxazole rings is 1. The van der Waals surface area contributed by atoms with Crippen molar-refractivity contribution in [3.63, 3.8) is 0 Å². The van der Waals surface area contributed by atoms with Crippen LogP contribution in [0.2, 0.25) is 5.02 Å². The van der Waals surface area contributed by atoms with Gasteiger partial charge in [-0.3, -0.25) is 9.36 Å². The van der Waals surface area contributed by atoms with Crippen LogP contribution in [0.1, 0.15) is 12.8 Å². The Morgan fingerprint density at radius 3 is 2.76 bits per heavy atom. The number of para-hydroxylation sites is 2. The van der Waals surface area contributed by atoms with E-state index in [1.807, 2.05) is 42.1 Å². The summed E-state index contributed by atoms with van der Waals surface area (Å²) in [5.41, 5.74) is 3.00. The lowest BCUT2D eigenvalue weighted by molar-refractivity contribution is -0.116. The summed E-state index contributed by atoms with van der Waals surface area (Å²) in [6.45, 7) is 2.40. The van der Waals surface area contributed by atoms with Gasteiger partial charge in [-0.15, -0.1) is 0 Å². The molecule has 6 nitrogen and oxygen atoms in total. The van der Waals surface area contributed by atoms with Crippen molar-refractivity contribution in [1.29, 1.82) is 0 Å². The van der Waals surface area contributed by atoms with Gasteiger partial charge < -0.3 is 14.6 Å². The summed E-state index contributed by atoms with van der Waals surface area (Å²) in [6, 6.07) is 12.9. The van der Waals surface area contributed by atoms with Crippen molar-refractivity contribution in [3.05, 3.63) is 58.0 Å². The molecule has 1 amide bonds. The largest absolute Gasteiger partial charge is 0.419 e. The second-order valence-electron chi connectivity index (χ2n) is 6.90. The van der Waals surface area contributed by atoms with Crippen LogP contribution in [-0.2, 0) is 11.3 Å². The van der Waals surface area contributed by atoms with Crippen molar-refractivity contribution in [2.75, 3.05) is 34.8 Å². The number of fused-ring (bicyclic) bond motifs is 1. The first-order valence-electron chi connectivity index (χ1n) is 9.62. The quantitative estimate of drug-likeness (QED) is 0.632. The number of rotatable bonds is 6. The Kier molecular flexibility index (Phi) is 6.16. The van der Waals surface area contributed by atoms with Crippen LogP contribution in [0.5, 0.6) is 0 Å². The molecule has 1 fully saturated rings. The number of halogens is 1. The fourth-order valence-electron chi connectivity index (χ4n) is 3.49. The molecule has 2 heterocycles. The molecule has 1 N–H and O–H groups in total. The maximum Gasteiger partial charge on any atom is 0.419 e. The lowest BCUT2D eigenvalue weighted by atomic mass is 10.2. The standard InChI is InChI=1S/C21H22ClN3O3S/c22-16-14-15(7-8-17(16)24-10-12-29-13-11-24)23-20(26)6-3-9-25-18-4-1-2-5-19(18)28-21(25)27/h1-2,4-5,7-8,14H,3,6,9-13H2,(H,23,26). The Balaban J connectivity index is 1.33. The van der Waals surface area contributed by atoms with Gasteiger partial charge >= 0.3 is 5.76 Å². The Labute approximate surface area is 177 Å². The topological polar surface area (TPSA) is 67.5 Å². The van der Waals surface area contributed by atoms with Crippen molar-refractivity contribution in [1.82, 2.24) is 4.57 Å². The minimum absolute atomic E-state index is 0.107. The fraction of sp³-hybridized carbons (Fsp3) is 0.333. The number of anilines is 2. The molecule has 0 atom stereocenters. The normalized spacial score (nSPS) is 14.3. The minimum atomic E-state index is -0.398. The molecular weight excluding hydrogens is 410 g/mol. The average molecular weight is 432 g/mol. The van der Waals surface area contributed by atoms with Crippen LogP contribution < -0.4 is 16.0 Å². The highest BCUT2D eigenvalue weighted by Gasteiger charge is 2.15. The number of aromatic nitrogens is 1. The van der Waals surface area contributed by atoms with Crippen molar-refractivity contribution >= 4 is 51.7 Å². The summed E-state index contributed by atoms with van der Waals surface area (Å²) in [6.07, 6.45) is 0.835. The first-order chi connectivity index (χ1) is 14.1. The fourth-order valence-corrected chi connectivity index (χ4v) is 4.70. The molecular formula is C21H22ClN3O3S. The van der Waals surface area contributed by atoms with Crippen molar-refractivity contribution in [3.8, 4) is 0 Å². The van der Waals surface area contributed by atoms with Crippen molar-refractivity contribution in [2.45, 2.75) is 19.4 Å². The van der Waals surface area contributed by atoms with Gasteiger partial charge in [0.25, 0.3) is 0 Å². The molecule has 8 heteroatoms. The zero-order valence-electron chi connectivity index (χ0n) is 15.9. The molecule has 0 radical (unpaired) electrons. The number of nitrogens with one attached hydrogen (secondary N) is 1. The van der Waals surface area contributed by atoms with Gasteiger partial charge in [-0.25, -0.2) is 4.79 Å². The average Bonchev–Trinajstić information content (AvgIpc) is 3.04. The summed E-state index contributed by atoms with van der Waals surface area (Å²) in [5, 5.41) is 3.53. The second kappa shape index (κ2) is 8.97. The van der Waals surface area contributed by atoms with Crippen LogP contribution in [0.4, 0.5) is 11.4 Å². The first-order valence-corrected chi connectivity index (χ1v) is 11.2. The molecule has 152 valence electrons. The van der Waals surface area contributed by atoms with Crippen LogP contribution >= 0.6 is 23.4 Å². The molecule has 29 heavy (non-hydrogen) atoms. The number of carbonyl (C=O) groups is 1. The molecule has 0 saturated carbocycles. The number of hydrogen-bond donors (Lipinski definition) is 1. The third-order valence-electron chi connectivity index (χ3n) is 4.94. The van der Waals surface area contributed by atoms with E-state index in [2.05, 4.69) is 10.2 Å². The number of amides is 1. The monoisotopic (exact) mass is 431 g/mol. The van der Waals surface area contributed by atoms with Gasteiger partial charge in [0, 0.05) is 43.2 Å². The predicted octanol–water partition coefficient (Wildman–Crippen LogP) is 4.22. The van der Waals surface area contributed by atoms with E-state index >= 15 is 0 Å². The third-order valence-corrected chi connectivity index (χ3v) is 6.19. The molecule has 1 aliphatic rings. The summed E-state index contributed by atoms with van der Waals surface area (Å²) in [5.74, 6) is 1.70. The molecule has 0 unspecified atom stereocenters. The molecule has 0 spiro atoms. The highest BCUT2D eigenvalue weighted by Crippen LogP contribution is 2.30. The van der Waals surface area contributed by atoms with Gasteiger partial charge in [-0.2, -0.15) is 11.8 Å². The van der Waals surface area contributed by atoms with E-state index in [9.17, 15) is 9.59 Å². The van der Waals surface area contributed by atoms with Gasteiger partial charge in [0.2, 0.25) is 5.91 Å². The Bertz CT molecular complexity index is 1070. The van der Waals surface area contributed by atoms with Crippen LogP contribution in [0.25, 0.3) is 11.1 Å². The number of benzene rings is 2. The van der Waals surface area contributed by atoms with Crippen molar-refractivity contribution < 1.29 is 9.21 Å². The Morgan fingerprint density at radius 2 is 1.97 bits per heavy atom. The predicted molar refractivity (Wildman–Crippen MR) is 119 cm³/mol. The highest BCUT2D eigenvalue weighted by molar-refractivity contribution is 7.99. The molecule has 0 aliphatic carbocycles. The number of carbonyl (C=O) groups excluding carboxylic acids is 1. The van der Waals surface area contributed by atoms with E-state index in [1.165, 1.54) is 0 Å². The number of thioether (sulfide) groups is 1. The van der Waals surface area contributed by atoms with Crippen molar-refractivity contribution in [2.24, 2.45) is 0 Å². The zero-order chi connectivity index (χ0) is 20.2. The summed E-state index contributed by atoms with van der Waals surface area (Å²) >= 11 is 8.39. The molecule has 1 aliphatic heterocycles. The lowest BCUT2D eigenvalue weighted by Crippen LogP contribution is -2.32. The minimum Gasteiger partial charge on any atom is -0.408 e. The van der Waals surface area contributed by atoms with Gasteiger partial charge in [0.1, 0.15) is 0 Å². The first kappa shape index (κ1) is 19.9. The maximum atomic E-state index is 12.3.